The molecule has 78 valence electrons. The van der Waals surface area contributed by atoms with Gasteiger partial charge in [-0.05, 0) is 28.1 Å². The third kappa shape index (κ3) is 2.47. The maximum absolute atomic E-state index is 11.5. The van der Waals surface area contributed by atoms with E-state index in [0.29, 0.717) is 16.9 Å². The SMILES string of the molecule is O=C(NCc1cocn1)c1ccc(Br)o1. The minimum Gasteiger partial charge on any atom is -0.451 e. The molecule has 0 unspecified atom stereocenters. The number of oxazole rings is 1. The number of aromatic nitrogens is 1. The van der Waals surface area contributed by atoms with E-state index in [1.807, 2.05) is 0 Å². The Balaban J connectivity index is 1.93. The largest absolute Gasteiger partial charge is 0.451 e. The van der Waals surface area contributed by atoms with Gasteiger partial charge in [0.1, 0.15) is 6.26 Å². The normalized spacial score (nSPS) is 10.2. The summed E-state index contributed by atoms with van der Waals surface area (Å²) in [6.45, 7) is 0.313. The molecule has 15 heavy (non-hydrogen) atoms. The molecule has 0 bridgehead atoms. The standard InChI is InChI=1S/C9H7BrN2O3/c10-8-2-1-7(15-8)9(13)11-3-6-4-14-5-12-6/h1-2,4-5H,3H2,(H,11,13). The second kappa shape index (κ2) is 4.31. The van der Waals surface area contributed by atoms with Gasteiger partial charge in [0.05, 0.1) is 12.2 Å². The molecule has 0 saturated carbocycles. The molecule has 2 aromatic heterocycles. The number of carbonyl (C=O) groups is 1. The predicted octanol–water partition coefficient (Wildman–Crippen LogP) is 1.96. The molecule has 0 aromatic carbocycles. The minimum absolute atomic E-state index is 0.255. The van der Waals surface area contributed by atoms with E-state index in [9.17, 15) is 4.79 Å². The van der Waals surface area contributed by atoms with E-state index >= 15 is 0 Å². The maximum Gasteiger partial charge on any atom is 0.287 e. The van der Waals surface area contributed by atoms with Gasteiger partial charge in [-0.15, -0.1) is 0 Å². The molecule has 0 radical (unpaired) electrons. The van der Waals surface area contributed by atoms with Crippen LogP contribution in [0.3, 0.4) is 0 Å². The van der Waals surface area contributed by atoms with Crippen LogP contribution in [0.25, 0.3) is 0 Å². The van der Waals surface area contributed by atoms with Crippen molar-refractivity contribution in [1.82, 2.24) is 10.3 Å². The lowest BCUT2D eigenvalue weighted by Crippen LogP contribution is -2.22. The van der Waals surface area contributed by atoms with Gasteiger partial charge in [-0.25, -0.2) is 4.98 Å². The molecule has 0 atom stereocenters. The number of amides is 1. The van der Waals surface area contributed by atoms with E-state index in [1.165, 1.54) is 12.7 Å². The highest BCUT2D eigenvalue weighted by Gasteiger charge is 2.10. The summed E-state index contributed by atoms with van der Waals surface area (Å²) in [6, 6.07) is 3.24. The number of carbonyl (C=O) groups excluding carboxylic acids is 1. The highest BCUT2D eigenvalue weighted by Crippen LogP contribution is 2.13. The highest BCUT2D eigenvalue weighted by atomic mass is 79.9. The number of rotatable bonds is 3. The zero-order valence-corrected chi connectivity index (χ0v) is 9.15. The zero-order valence-electron chi connectivity index (χ0n) is 7.57. The van der Waals surface area contributed by atoms with Gasteiger partial charge in [0.15, 0.2) is 16.8 Å². The number of hydrogen-bond donors (Lipinski definition) is 1. The molecule has 0 aliphatic carbocycles. The van der Waals surface area contributed by atoms with Crippen molar-refractivity contribution < 1.29 is 13.6 Å². The molecule has 1 N–H and O–H groups in total. The molecule has 0 saturated heterocycles. The first kappa shape index (κ1) is 9.97. The van der Waals surface area contributed by atoms with Crippen molar-refractivity contribution in [2.24, 2.45) is 0 Å². The Morgan fingerprint density at radius 2 is 2.40 bits per heavy atom. The molecule has 6 heteroatoms. The fourth-order valence-electron chi connectivity index (χ4n) is 1.02. The van der Waals surface area contributed by atoms with Gasteiger partial charge in [-0.3, -0.25) is 4.79 Å². The summed E-state index contributed by atoms with van der Waals surface area (Å²) >= 11 is 3.12. The van der Waals surface area contributed by atoms with E-state index < -0.39 is 0 Å². The average Bonchev–Trinajstić information content (AvgIpc) is 2.84. The van der Waals surface area contributed by atoms with Crippen LogP contribution < -0.4 is 5.32 Å². The first-order chi connectivity index (χ1) is 7.25. The van der Waals surface area contributed by atoms with Crippen LogP contribution in [0.4, 0.5) is 0 Å². The molecular formula is C9H7BrN2O3. The molecule has 2 aromatic rings. The van der Waals surface area contributed by atoms with Gasteiger partial charge < -0.3 is 14.2 Å². The Morgan fingerprint density at radius 3 is 3.00 bits per heavy atom. The van der Waals surface area contributed by atoms with Crippen LogP contribution in [0.2, 0.25) is 0 Å². The van der Waals surface area contributed by atoms with E-state index in [2.05, 4.69) is 26.2 Å². The lowest BCUT2D eigenvalue weighted by Gasteiger charge is -1.98. The van der Waals surface area contributed by atoms with Crippen molar-refractivity contribution in [3.05, 3.63) is 40.9 Å². The Kier molecular flexibility index (Phi) is 2.86. The Labute approximate surface area is 93.6 Å². The van der Waals surface area contributed by atoms with Crippen LogP contribution in [0.5, 0.6) is 0 Å². The lowest BCUT2D eigenvalue weighted by atomic mass is 10.4. The van der Waals surface area contributed by atoms with Crippen LogP contribution >= 0.6 is 15.9 Å². The Hall–Kier alpha value is -1.56. The van der Waals surface area contributed by atoms with Gasteiger partial charge in [0, 0.05) is 0 Å². The third-order valence-electron chi connectivity index (χ3n) is 1.71. The summed E-state index contributed by atoms with van der Waals surface area (Å²) in [5, 5.41) is 2.64. The van der Waals surface area contributed by atoms with E-state index in [4.69, 9.17) is 8.83 Å². The summed E-state index contributed by atoms with van der Waals surface area (Å²) in [7, 11) is 0. The van der Waals surface area contributed by atoms with E-state index in [-0.39, 0.29) is 11.7 Å². The van der Waals surface area contributed by atoms with Gasteiger partial charge in [0.2, 0.25) is 0 Å². The second-order valence-electron chi connectivity index (χ2n) is 2.77. The van der Waals surface area contributed by atoms with Gasteiger partial charge in [-0.2, -0.15) is 0 Å². The lowest BCUT2D eigenvalue weighted by molar-refractivity contribution is 0.0921. The summed E-state index contributed by atoms with van der Waals surface area (Å²) in [5.41, 5.74) is 0.661. The van der Waals surface area contributed by atoms with Gasteiger partial charge in [-0.1, -0.05) is 0 Å². The number of furan rings is 1. The van der Waals surface area contributed by atoms with E-state index in [0.717, 1.165) is 0 Å². The fourth-order valence-corrected chi connectivity index (χ4v) is 1.33. The second-order valence-corrected chi connectivity index (χ2v) is 3.55. The maximum atomic E-state index is 11.5. The molecule has 0 aliphatic rings. The van der Waals surface area contributed by atoms with Crippen molar-refractivity contribution in [3.63, 3.8) is 0 Å². The fraction of sp³-hybridized carbons (Fsp3) is 0.111. The molecule has 1 amide bonds. The quantitative estimate of drug-likeness (QED) is 0.926. The van der Waals surface area contributed by atoms with Crippen molar-refractivity contribution in [2.45, 2.75) is 6.54 Å². The monoisotopic (exact) mass is 270 g/mol. The van der Waals surface area contributed by atoms with Gasteiger partial charge in [0.25, 0.3) is 5.91 Å². The number of halogens is 1. The first-order valence-corrected chi connectivity index (χ1v) is 4.95. The van der Waals surface area contributed by atoms with Crippen LogP contribution in [0.15, 0.2) is 38.3 Å². The molecule has 0 fully saturated rings. The highest BCUT2D eigenvalue weighted by molar-refractivity contribution is 9.10. The summed E-state index contributed by atoms with van der Waals surface area (Å²) < 4.78 is 10.4. The summed E-state index contributed by atoms with van der Waals surface area (Å²) in [4.78, 5) is 15.3. The number of nitrogens with one attached hydrogen (secondary N) is 1. The number of nitrogens with zero attached hydrogens (tertiary/aromatic N) is 1. The van der Waals surface area contributed by atoms with Crippen molar-refractivity contribution in [3.8, 4) is 0 Å². The molecule has 2 rings (SSSR count). The van der Waals surface area contributed by atoms with Crippen LogP contribution in [-0.4, -0.2) is 10.9 Å². The summed E-state index contributed by atoms with van der Waals surface area (Å²) in [5.74, 6) is -0.0333. The number of hydrogen-bond acceptors (Lipinski definition) is 4. The van der Waals surface area contributed by atoms with Crippen molar-refractivity contribution in [2.75, 3.05) is 0 Å². The van der Waals surface area contributed by atoms with Crippen molar-refractivity contribution in [1.29, 1.82) is 0 Å². The van der Waals surface area contributed by atoms with Crippen LogP contribution in [0, 0.1) is 0 Å². The molecule has 5 nitrogen and oxygen atoms in total. The third-order valence-corrected chi connectivity index (χ3v) is 2.14. The Bertz CT molecular complexity index is 450. The molecule has 0 spiro atoms. The Morgan fingerprint density at radius 1 is 1.53 bits per heavy atom. The predicted molar refractivity (Wildman–Crippen MR) is 54.1 cm³/mol. The molecule has 0 aliphatic heterocycles. The first-order valence-electron chi connectivity index (χ1n) is 4.16. The summed E-state index contributed by atoms with van der Waals surface area (Å²) in [6.07, 6.45) is 2.78. The topological polar surface area (TPSA) is 68.3 Å². The smallest absolute Gasteiger partial charge is 0.287 e. The molecular weight excluding hydrogens is 264 g/mol. The van der Waals surface area contributed by atoms with Gasteiger partial charge >= 0.3 is 0 Å². The average molecular weight is 271 g/mol. The zero-order chi connectivity index (χ0) is 10.7. The minimum atomic E-state index is -0.288. The van der Waals surface area contributed by atoms with Crippen LogP contribution in [0.1, 0.15) is 16.2 Å². The molecule has 2 heterocycles. The van der Waals surface area contributed by atoms with E-state index in [1.54, 1.807) is 12.1 Å². The van der Waals surface area contributed by atoms with Crippen molar-refractivity contribution >= 4 is 21.8 Å². The van der Waals surface area contributed by atoms with Crippen LogP contribution in [-0.2, 0) is 6.54 Å².